The van der Waals surface area contributed by atoms with Gasteiger partial charge in [0.25, 0.3) is 10.1 Å². The molecule has 2 rings (SSSR count). The van der Waals surface area contributed by atoms with Crippen LogP contribution in [0.1, 0.15) is 5.56 Å². The summed E-state index contributed by atoms with van der Waals surface area (Å²) in [5.41, 5.74) is 3.08. The maximum Gasteiger partial charge on any atom is 0.294 e. The molecule has 0 saturated heterocycles. The van der Waals surface area contributed by atoms with Gasteiger partial charge in [0, 0.05) is 29.6 Å². The number of benzene rings is 2. The Morgan fingerprint density at radius 2 is 1.56 bits per heavy atom. The average molecular weight is 271 g/mol. The third kappa shape index (κ3) is 3.67. The molecule has 2 aromatic rings. The van der Waals surface area contributed by atoms with Crippen molar-refractivity contribution in [3.8, 4) is 11.1 Å². The monoisotopic (exact) mass is 271 g/mol. The summed E-state index contributed by atoms with van der Waals surface area (Å²) in [4.78, 5) is -0.0890. The van der Waals surface area contributed by atoms with Gasteiger partial charge in [0.15, 0.2) is 0 Å². The largest absolute Gasteiger partial charge is 0.294 e. The Bertz CT molecular complexity index is 634. The van der Waals surface area contributed by atoms with Crippen molar-refractivity contribution in [3.63, 3.8) is 0 Å². The van der Waals surface area contributed by atoms with E-state index in [1.165, 1.54) is 12.1 Å². The van der Waals surface area contributed by atoms with E-state index in [1.807, 2.05) is 31.2 Å². The predicted molar refractivity (Wildman–Crippen MR) is 72.2 cm³/mol. The Kier molecular flexibility index (Phi) is 5.13. The van der Waals surface area contributed by atoms with Crippen LogP contribution in [0, 0.1) is 6.92 Å². The fraction of sp³-hybridized carbons (Fsp3) is 0.0769. The van der Waals surface area contributed by atoms with Crippen LogP contribution in [0.3, 0.4) is 0 Å². The van der Waals surface area contributed by atoms with Gasteiger partial charge in [-0.05, 0) is 30.2 Å². The molecule has 0 unspecified atom stereocenters. The first kappa shape index (κ1) is 15.4. The van der Waals surface area contributed by atoms with Gasteiger partial charge in [-0.1, -0.05) is 42.0 Å². The van der Waals surface area contributed by atoms with Crippen LogP contribution < -0.4 is 0 Å². The number of hydrogen-bond acceptors (Lipinski definition) is 2. The van der Waals surface area contributed by atoms with Gasteiger partial charge in [-0.15, -0.1) is 0 Å². The molecule has 0 bridgehead atoms. The molecular weight excluding hydrogens is 259 g/mol. The molecule has 0 aromatic heterocycles. The minimum absolute atomic E-state index is 0. The number of aryl methyl sites for hydroxylation is 1. The third-order valence-electron chi connectivity index (χ3n) is 2.50. The molecule has 3 nitrogen and oxygen atoms in total. The second kappa shape index (κ2) is 5.99. The molecule has 18 heavy (non-hydrogen) atoms. The predicted octanol–water partition coefficient (Wildman–Crippen LogP) is 2.53. The summed E-state index contributed by atoms with van der Waals surface area (Å²) in [5, 5.41) is 0. The molecule has 0 aliphatic heterocycles. The van der Waals surface area contributed by atoms with Crippen molar-refractivity contribution < 1.29 is 13.0 Å². The van der Waals surface area contributed by atoms with Crippen molar-refractivity contribution in [1.29, 1.82) is 0 Å². The molecule has 0 amide bonds. The van der Waals surface area contributed by atoms with E-state index in [9.17, 15) is 8.42 Å². The molecule has 5 heteroatoms. The molecule has 0 spiro atoms. The molecule has 89 valence electrons. The van der Waals surface area contributed by atoms with Crippen molar-refractivity contribution in [2.75, 3.05) is 0 Å². The van der Waals surface area contributed by atoms with Crippen LogP contribution in [0.25, 0.3) is 11.1 Å². The molecule has 0 atom stereocenters. The molecule has 0 aliphatic rings. The van der Waals surface area contributed by atoms with Crippen molar-refractivity contribution in [3.05, 3.63) is 54.1 Å². The zero-order chi connectivity index (χ0) is 12.5. The van der Waals surface area contributed by atoms with Crippen molar-refractivity contribution in [2.24, 2.45) is 0 Å². The minimum Gasteiger partial charge on any atom is -0.282 e. The van der Waals surface area contributed by atoms with Crippen LogP contribution in [0.4, 0.5) is 0 Å². The summed E-state index contributed by atoms with van der Waals surface area (Å²) < 4.78 is 30.6. The van der Waals surface area contributed by atoms with Crippen LogP contribution in [-0.2, 0) is 10.1 Å². The molecule has 1 radical (unpaired) electrons. The quantitative estimate of drug-likeness (QED) is 0.674. The summed E-state index contributed by atoms with van der Waals surface area (Å²) >= 11 is 0. The van der Waals surface area contributed by atoms with Crippen molar-refractivity contribution in [2.45, 2.75) is 11.8 Å². The normalized spacial score (nSPS) is 10.8. The standard InChI is InChI=1S/C13H12O3S.Na/c1-10-3-2-4-12(9-10)11-5-7-13(8-6-11)17(14,15)16;/h2-9H,1H3,(H,14,15,16);. The van der Waals surface area contributed by atoms with Crippen LogP contribution in [0.5, 0.6) is 0 Å². The smallest absolute Gasteiger partial charge is 0.282 e. The Morgan fingerprint density at radius 1 is 0.944 bits per heavy atom. The maximum atomic E-state index is 10.9. The Morgan fingerprint density at radius 3 is 2.06 bits per heavy atom. The number of rotatable bonds is 2. The summed E-state index contributed by atoms with van der Waals surface area (Å²) in [6.45, 7) is 2.00. The van der Waals surface area contributed by atoms with Gasteiger partial charge < -0.3 is 0 Å². The van der Waals surface area contributed by atoms with Crippen LogP contribution in [0.15, 0.2) is 53.4 Å². The first-order valence-corrected chi connectivity index (χ1v) is 6.55. The SMILES string of the molecule is Cc1cccc(-c2ccc(S(=O)(=O)O)cc2)c1.[Na]. The molecule has 0 aliphatic carbocycles. The zero-order valence-electron chi connectivity index (χ0n) is 10.3. The fourth-order valence-electron chi connectivity index (χ4n) is 1.64. The van der Waals surface area contributed by atoms with Gasteiger partial charge in [0.2, 0.25) is 0 Å². The first-order chi connectivity index (χ1) is 7.97. The van der Waals surface area contributed by atoms with Crippen molar-refractivity contribution >= 4 is 39.7 Å². The van der Waals surface area contributed by atoms with E-state index in [0.29, 0.717) is 0 Å². The Balaban J connectivity index is 0.00000162. The average Bonchev–Trinajstić information content (AvgIpc) is 2.28. The fourth-order valence-corrected chi connectivity index (χ4v) is 2.12. The van der Waals surface area contributed by atoms with Gasteiger partial charge in [0.1, 0.15) is 0 Å². The first-order valence-electron chi connectivity index (χ1n) is 5.11. The summed E-state index contributed by atoms with van der Waals surface area (Å²) in [5.74, 6) is 0. The summed E-state index contributed by atoms with van der Waals surface area (Å²) in [6.07, 6.45) is 0. The van der Waals surface area contributed by atoms with Crippen LogP contribution in [0.2, 0.25) is 0 Å². The third-order valence-corrected chi connectivity index (χ3v) is 3.37. The van der Waals surface area contributed by atoms with Gasteiger partial charge >= 0.3 is 0 Å². The van der Waals surface area contributed by atoms with Gasteiger partial charge in [-0.25, -0.2) is 0 Å². The summed E-state index contributed by atoms with van der Waals surface area (Å²) in [7, 11) is -4.11. The van der Waals surface area contributed by atoms with E-state index in [0.717, 1.165) is 16.7 Å². The van der Waals surface area contributed by atoms with Crippen LogP contribution in [-0.4, -0.2) is 42.5 Å². The van der Waals surface area contributed by atoms with Crippen molar-refractivity contribution in [1.82, 2.24) is 0 Å². The molecule has 2 aromatic carbocycles. The maximum absolute atomic E-state index is 10.9. The van der Waals surface area contributed by atoms with E-state index in [1.54, 1.807) is 12.1 Å². The van der Waals surface area contributed by atoms with E-state index >= 15 is 0 Å². The number of hydrogen-bond donors (Lipinski definition) is 1. The Hall–Kier alpha value is -0.650. The molecule has 0 heterocycles. The van der Waals surface area contributed by atoms with E-state index in [4.69, 9.17) is 4.55 Å². The van der Waals surface area contributed by atoms with E-state index in [2.05, 4.69) is 0 Å². The molecule has 1 N–H and O–H groups in total. The van der Waals surface area contributed by atoms with Crippen LogP contribution >= 0.6 is 0 Å². The van der Waals surface area contributed by atoms with Gasteiger partial charge in [-0.3, -0.25) is 4.55 Å². The van der Waals surface area contributed by atoms with E-state index < -0.39 is 10.1 Å². The molecule has 0 fully saturated rings. The second-order valence-electron chi connectivity index (χ2n) is 3.87. The van der Waals surface area contributed by atoms with Gasteiger partial charge in [0.05, 0.1) is 4.90 Å². The van der Waals surface area contributed by atoms with E-state index in [-0.39, 0.29) is 34.5 Å². The Labute approximate surface area is 129 Å². The van der Waals surface area contributed by atoms with Gasteiger partial charge in [-0.2, -0.15) is 8.42 Å². The summed E-state index contributed by atoms with van der Waals surface area (Å²) in [6, 6.07) is 14.1. The zero-order valence-corrected chi connectivity index (χ0v) is 13.1. The topological polar surface area (TPSA) is 54.4 Å². The second-order valence-corrected chi connectivity index (χ2v) is 5.29. The molecule has 0 saturated carbocycles. The molecular formula is C13H12NaO3S. The minimum atomic E-state index is -4.11.